The van der Waals surface area contributed by atoms with Crippen LogP contribution in [0.3, 0.4) is 0 Å². The first-order valence-electron chi connectivity index (χ1n) is 6.35. The van der Waals surface area contributed by atoms with Gasteiger partial charge in [0, 0.05) is 19.6 Å². The van der Waals surface area contributed by atoms with Crippen LogP contribution in [0.2, 0.25) is 5.02 Å². The predicted molar refractivity (Wildman–Crippen MR) is 75.4 cm³/mol. The van der Waals surface area contributed by atoms with Crippen molar-refractivity contribution in [3.05, 3.63) is 11.2 Å². The van der Waals surface area contributed by atoms with Crippen molar-refractivity contribution in [2.45, 2.75) is 26.7 Å². The van der Waals surface area contributed by atoms with E-state index in [0.717, 1.165) is 25.9 Å². The highest BCUT2D eigenvalue weighted by molar-refractivity contribution is 6.32. The fourth-order valence-corrected chi connectivity index (χ4v) is 1.83. The lowest BCUT2D eigenvalue weighted by Crippen LogP contribution is -2.29. The second-order valence-corrected chi connectivity index (χ2v) is 4.41. The zero-order valence-corrected chi connectivity index (χ0v) is 11.7. The van der Waals surface area contributed by atoms with Crippen LogP contribution in [0.4, 0.5) is 11.8 Å². The highest BCUT2D eigenvalue weighted by Crippen LogP contribution is 2.23. The number of rotatable bonds is 8. The number of aromatic nitrogens is 2. The van der Waals surface area contributed by atoms with E-state index in [-0.39, 0.29) is 6.61 Å². The quantitative estimate of drug-likeness (QED) is 0.759. The third-order valence-electron chi connectivity index (χ3n) is 2.42. The maximum absolute atomic E-state index is 9.08. The number of aliphatic hydroxyl groups excluding tert-OH is 1. The second-order valence-electron chi connectivity index (χ2n) is 4.00. The van der Waals surface area contributed by atoms with Gasteiger partial charge < -0.3 is 15.3 Å². The third-order valence-corrected chi connectivity index (χ3v) is 2.69. The molecule has 1 aromatic rings. The minimum Gasteiger partial charge on any atom is -0.395 e. The SMILES string of the molecule is CCCNc1ncc(Cl)c(N(CCC)CCO)n1. The van der Waals surface area contributed by atoms with E-state index in [9.17, 15) is 0 Å². The van der Waals surface area contributed by atoms with Gasteiger partial charge in [0.15, 0.2) is 5.82 Å². The summed E-state index contributed by atoms with van der Waals surface area (Å²) in [4.78, 5) is 10.5. The topological polar surface area (TPSA) is 61.3 Å². The highest BCUT2D eigenvalue weighted by Gasteiger charge is 2.12. The largest absolute Gasteiger partial charge is 0.395 e. The summed E-state index contributed by atoms with van der Waals surface area (Å²) in [5.41, 5.74) is 0. The number of nitrogens with one attached hydrogen (secondary N) is 1. The molecule has 0 aliphatic rings. The van der Waals surface area contributed by atoms with Gasteiger partial charge in [-0.1, -0.05) is 25.4 Å². The predicted octanol–water partition coefficient (Wildman–Crippen LogP) is 2.16. The van der Waals surface area contributed by atoms with Crippen LogP contribution in [-0.2, 0) is 0 Å². The van der Waals surface area contributed by atoms with Gasteiger partial charge in [-0.15, -0.1) is 0 Å². The summed E-state index contributed by atoms with van der Waals surface area (Å²) in [5, 5.41) is 12.7. The highest BCUT2D eigenvalue weighted by atomic mass is 35.5. The molecule has 0 aliphatic carbocycles. The van der Waals surface area contributed by atoms with Crippen molar-refractivity contribution < 1.29 is 5.11 Å². The van der Waals surface area contributed by atoms with Crippen LogP contribution in [0.5, 0.6) is 0 Å². The first-order chi connectivity index (χ1) is 8.72. The van der Waals surface area contributed by atoms with Crippen LogP contribution in [-0.4, -0.2) is 41.3 Å². The molecule has 18 heavy (non-hydrogen) atoms. The van der Waals surface area contributed by atoms with Crippen LogP contribution in [0.15, 0.2) is 6.20 Å². The molecule has 5 nitrogen and oxygen atoms in total. The molecular weight excluding hydrogens is 252 g/mol. The molecule has 0 amide bonds. The zero-order chi connectivity index (χ0) is 13.4. The van der Waals surface area contributed by atoms with E-state index in [1.807, 2.05) is 4.90 Å². The van der Waals surface area contributed by atoms with E-state index in [1.165, 1.54) is 0 Å². The lowest BCUT2D eigenvalue weighted by atomic mass is 10.4. The molecule has 0 unspecified atom stereocenters. The monoisotopic (exact) mass is 272 g/mol. The van der Waals surface area contributed by atoms with E-state index in [4.69, 9.17) is 16.7 Å². The summed E-state index contributed by atoms with van der Waals surface area (Å²) in [5.74, 6) is 1.26. The molecule has 0 spiro atoms. The maximum atomic E-state index is 9.08. The van der Waals surface area contributed by atoms with Gasteiger partial charge in [-0.05, 0) is 12.8 Å². The molecule has 0 saturated carbocycles. The molecule has 1 rings (SSSR count). The molecule has 6 heteroatoms. The van der Waals surface area contributed by atoms with Crippen molar-refractivity contribution in [2.24, 2.45) is 0 Å². The Kier molecular flexibility index (Phi) is 6.75. The van der Waals surface area contributed by atoms with Gasteiger partial charge in [0.05, 0.1) is 12.8 Å². The first-order valence-corrected chi connectivity index (χ1v) is 6.72. The summed E-state index contributed by atoms with van der Waals surface area (Å²) in [6, 6.07) is 0. The standard InChI is InChI=1S/C12H21ClN4O/c1-3-5-14-12-15-9-10(13)11(16-12)17(6-4-2)7-8-18/h9,18H,3-8H2,1-2H3,(H,14,15,16). The van der Waals surface area contributed by atoms with Crippen LogP contribution in [0.25, 0.3) is 0 Å². The fraction of sp³-hybridized carbons (Fsp3) is 0.667. The molecule has 0 bridgehead atoms. The molecule has 0 aliphatic heterocycles. The Labute approximate surface area is 113 Å². The van der Waals surface area contributed by atoms with E-state index in [2.05, 4.69) is 29.1 Å². The van der Waals surface area contributed by atoms with E-state index < -0.39 is 0 Å². The van der Waals surface area contributed by atoms with Crippen LogP contribution >= 0.6 is 11.6 Å². The molecule has 0 fully saturated rings. The van der Waals surface area contributed by atoms with Crippen molar-refractivity contribution in [1.82, 2.24) is 9.97 Å². The lowest BCUT2D eigenvalue weighted by Gasteiger charge is -2.23. The second kappa shape index (κ2) is 8.11. The summed E-state index contributed by atoms with van der Waals surface area (Å²) >= 11 is 6.12. The van der Waals surface area contributed by atoms with Crippen molar-refractivity contribution in [3.8, 4) is 0 Å². The summed E-state index contributed by atoms with van der Waals surface area (Å²) in [7, 11) is 0. The maximum Gasteiger partial charge on any atom is 0.224 e. The minimum absolute atomic E-state index is 0.0814. The van der Waals surface area contributed by atoms with Crippen molar-refractivity contribution in [2.75, 3.05) is 36.5 Å². The van der Waals surface area contributed by atoms with Crippen LogP contribution < -0.4 is 10.2 Å². The Morgan fingerprint density at radius 2 is 2.11 bits per heavy atom. The molecule has 102 valence electrons. The van der Waals surface area contributed by atoms with Gasteiger partial charge in [0.25, 0.3) is 0 Å². The summed E-state index contributed by atoms with van der Waals surface area (Å²) in [6.45, 7) is 6.41. The summed E-state index contributed by atoms with van der Waals surface area (Å²) in [6.07, 6.45) is 3.58. The number of nitrogens with zero attached hydrogens (tertiary/aromatic N) is 3. The van der Waals surface area contributed by atoms with Crippen molar-refractivity contribution in [3.63, 3.8) is 0 Å². The van der Waals surface area contributed by atoms with E-state index >= 15 is 0 Å². The number of anilines is 2. The van der Waals surface area contributed by atoms with Crippen molar-refractivity contribution >= 4 is 23.4 Å². The minimum atomic E-state index is 0.0814. The molecule has 0 radical (unpaired) electrons. The van der Waals surface area contributed by atoms with Gasteiger partial charge >= 0.3 is 0 Å². The van der Waals surface area contributed by atoms with Crippen LogP contribution in [0.1, 0.15) is 26.7 Å². The zero-order valence-electron chi connectivity index (χ0n) is 11.0. The Bertz CT molecular complexity index is 356. The lowest BCUT2D eigenvalue weighted by molar-refractivity contribution is 0.301. The Morgan fingerprint density at radius 1 is 1.33 bits per heavy atom. The third kappa shape index (κ3) is 4.31. The molecule has 1 aromatic heterocycles. The van der Waals surface area contributed by atoms with Gasteiger partial charge in [0.2, 0.25) is 5.95 Å². The van der Waals surface area contributed by atoms with Gasteiger partial charge in [-0.25, -0.2) is 4.98 Å². The molecule has 0 aromatic carbocycles. The molecule has 2 N–H and O–H groups in total. The van der Waals surface area contributed by atoms with Gasteiger partial charge in [0.1, 0.15) is 5.02 Å². The van der Waals surface area contributed by atoms with E-state index in [1.54, 1.807) is 6.20 Å². The Hall–Kier alpha value is -1.07. The normalized spacial score (nSPS) is 10.4. The number of halogens is 1. The van der Waals surface area contributed by atoms with E-state index in [0.29, 0.717) is 23.3 Å². The molecule has 0 saturated heterocycles. The first kappa shape index (κ1) is 15.0. The Morgan fingerprint density at radius 3 is 2.72 bits per heavy atom. The average Bonchev–Trinajstić information content (AvgIpc) is 2.37. The average molecular weight is 273 g/mol. The fourth-order valence-electron chi connectivity index (χ4n) is 1.62. The van der Waals surface area contributed by atoms with Crippen molar-refractivity contribution in [1.29, 1.82) is 0 Å². The Balaban J connectivity index is 2.88. The molecule has 1 heterocycles. The van der Waals surface area contributed by atoms with Gasteiger partial charge in [-0.2, -0.15) is 4.98 Å². The number of aliphatic hydroxyl groups is 1. The smallest absolute Gasteiger partial charge is 0.224 e. The van der Waals surface area contributed by atoms with Crippen LogP contribution in [0, 0.1) is 0 Å². The van der Waals surface area contributed by atoms with Gasteiger partial charge in [-0.3, -0.25) is 0 Å². The summed E-state index contributed by atoms with van der Waals surface area (Å²) < 4.78 is 0. The molecular formula is C12H21ClN4O. The molecule has 0 atom stereocenters. The number of hydrogen-bond donors (Lipinski definition) is 2. The number of hydrogen-bond acceptors (Lipinski definition) is 5.